The molecule has 0 spiro atoms. The lowest BCUT2D eigenvalue weighted by Crippen LogP contribution is -2.41. The van der Waals surface area contributed by atoms with Gasteiger partial charge in [0.05, 0.1) is 0 Å². The summed E-state index contributed by atoms with van der Waals surface area (Å²) >= 11 is 0. The molecule has 0 aromatic carbocycles. The number of likely N-dealkylation sites (N-methyl/N-ethyl adjacent to an activating group) is 1. The van der Waals surface area contributed by atoms with Crippen LogP contribution in [-0.4, -0.2) is 48.6 Å². The van der Waals surface area contributed by atoms with Crippen LogP contribution in [0.15, 0.2) is 12.2 Å². The smallest absolute Gasteiger partial charge is 0.328 e. The van der Waals surface area contributed by atoms with Crippen molar-refractivity contribution in [3.8, 4) is 0 Å². The summed E-state index contributed by atoms with van der Waals surface area (Å²) in [5.41, 5.74) is 0. The first-order chi connectivity index (χ1) is 7.81. The van der Waals surface area contributed by atoms with Gasteiger partial charge in [0, 0.05) is 24.7 Å². The minimum absolute atomic E-state index is 0.0379. The van der Waals surface area contributed by atoms with Crippen LogP contribution in [0.4, 0.5) is 0 Å². The lowest BCUT2D eigenvalue weighted by molar-refractivity contribution is -0.131. The summed E-state index contributed by atoms with van der Waals surface area (Å²) in [6, 6.07) is 0.0379. The minimum atomic E-state index is -1.12. The highest BCUT2D eigenvalue weighted by atomic mass is 16.4. The van der Waals surface area contributed by atoms with Crippen LogP contribution in [0.25, 0.3) is 0 Å². The first-order valence-corrected chi connectivity index (χ1v) is 5.67. The van der Waals surface area contributed by atoms with E-state index in [1.807, 2.05) is 19.0 Å². The van der Waals surface area contributed by atoms with E-state index in [4.69, 9.17) is 5.11 Å². The number of nitrogens with one attached hydrogen (secondary N) is 1. The van der Waals surface area contributed by atoms with E-state index >= 15 is 0 Å². The molecule has 0 aliphatic carbocycles. The summed E-state index contributed by atoms with van der Waals surface area (Å²) in [4.78, 5) is 23.7. The third kappa shape index (κ3) is 9.56. The van der Waals surface area contributed by atoms with Crippen molar-refractivity contribution in [1.82, 2.24) is 10.2 Å². The molecular weight excluding hydrogens is 220 g/mol. The topological polar surface area (TPSA) is 69.6 Å². The molecular formula is C12H22N2O3. The molecule has 0 saturated carbocycles. The van der Waals surface area contributed by atoms with Gasteiger partial charge in [-0.05, 0) is 26.4 Å². The Morgan fingerprint density at radius 2 is 1.88 bits per heavy atom. The van der Waals surface area contributed by atoms with Gasteiger partial charge in [0.1, 0.15) is 0 Å². The lowest BCUT2D eigenvalue weighted by atomic mass is 10.0. The zero-order valence-corrected chi connectivity index (χ0v) is 10.9. The van der Waals surface area contributed by atoms with Gasteiger partial charge in [0.2, 0.25) is 5.91 Å². The van der Waals surface area contributed by atoms with Gasteiger partial charge in [0.15, 0.2) is 0 Å². The second kappa shape index (κ2) is 7.84. The van der Waals surface area contributed by atoms with E-state index in [0.717, 1.165) is 25.1 Å². The molecule has 0 bridgehead atoms. The second-order valence-electron chi connectivity index (χ2n) is 4.77. The standard InChI is InChI=1S/C12H22N2O3/c1-9(2)7-10(8-14(3)4)13-11(15)5-6-12(16)17/h5-6,9-10H,7-8H2,1-4H3,(H,13,15)(H,16,17)/b6-5+. The maximum absolute atomic E-state index is 11.4. The third-order valence-corrected chi connectivity index (χ3v) is 2.07. The molecule has 2 N–H and O–H groups in total. The Hall–Kier alpha value is -1.36. The summed E-state index contributed by atoms with van der Waals surface area (Å²) in [7, 11) is 3.87. The number of carboxylic acids is 1. The van der Waals surface area contributed by atoms with E-state index in [1.165, 1.54) is 0 Å². The van der Waals surface area contributed by atoms with Crippen LogP contribution in [0.1, 0.15) is 20.3 Å². The van der Waals surface area contributed by atoms with E-state index in [9.17, 15) is 9.59 Å². The number of hydrogen-bond acceptors (Lipinski definition) is 3. The van der Waals surface area contributed by atoms with Gasteiger partial charge in [-0.3, -0.25) is 4.79 Å². The lowest BCUT2D eigenvalue weighted by Gasteiger charge is -2.23. The molecule has 0 radical (unpaired) electrons. The fraction of sp³-hybridized carbons (Fsp3) is 0.667. The molecule has 0 aliphatic heterocycles. The maximum Gasteiger partial charge on any atom is 0.328 e. The molecule has 0 heterocycles. The molecule has 0 rings (SSSR count). The van der Waals surface area contributed by atoms with E-state index in [1.54, 1.807) is 0 Å². The van der Waals surface area contributed by atoms with Crippen LogP contribution in [0.3, 0.4) is 0 Å². The molecule has 1 amide bonds. The quantitative estimate of drug-likeness (QED) is 0.645. The Morgan fingerprint density at radius 1 is 1.29 bits per heavy atom. The first-order valence-electron chi connectivity index (χ1n) is 5.67. The van der Waals surface area contributed by atoms with E-state index < -0.39 is 5.97 Å². The largest absolute Gasteiger partial charge is 0.478 e. The molecule has 1 atom stereocenters. The molecule has 1 unspecified atom stereocenters. The number of aliphatic carboxylic acids is 1. The van der Waals surface area contributed by atoms with Crippen LogP contribution in [-0.2, 0) is 9.59 Å². The zero-order valence-electron chi connectivity index (χ0n) is 10.9. The highest BCUT2D eigenvalue weighted by molar-refractivity contribution is 5.93. The van der Waals surface area contributed by atoms with Gasteiger partial charge in [0.25, 0.3) is 0 Å². The summed E-state index contributed by atoms with van der Waals surface area (Å²) < 4.78 is 0. The van der Waals surface area contributed by atoms with Gasteiger partial charge in [-0.2, -0.15) is 0 Å². The van der Waals surface area contributed by atoms with E-state index in [-0.39, 0.29) is 11.9 Å². The molecule has 5 nitrogen and oxygen atoms in total. The molecule has 98 valence electrons. The van der Waals surface area contributed by atoms with E-state index in [2.05, 4.69) is 19.2 Å². The molecule has 0 aromatic heterocycles. The average Bonchev–Trinajstić information content (AvgIpc) is 2.12. The number of nitrogens with zero attached hydrogens (tertiary/aromatic N) is 1. The summed E-state index contributed by atoms with van der Waals surface area (Å²) in [5.74, 6) is -1.00. The van der Waals surface area contributed by atoms with Gasteiger partial charge >= 0.3 is 5.97 Å². The molecule has 5 heteroatoms. The van der Waals surface area contributed by atoms with Crippen molar-refractivity contribution in [3.63, 3.8) is 0 Å². The average molecular weight is 242 g/mol. The fourth-order valence-corrected chi connectivity index (χ4v) is 1.59. The Labute approximate surface area is 102 Å². The predicted octanol–water partition coefficient (Wildman–Crippen LogP) is 0.720. The van der Waals surface area contributed by atoms with Crippen LogP contribution >= 0.6 is 0 Å². The van der Waals surface area contributed by atoms with Crippen molar-refractivity contribution >= 4 is 11.9 Å². The van der Waals surface area contributed by atoms with Crippen molar-refractivity contribution in [2.45, 2.75) is 26.3 Å². The van der Waals surface area contributed by atoms with Crippen molar-refractivity contribution in [3.05, 3.63) is 12.2 Å². The zero-order chi connectivity index (χ0) is 13.4. The van der Waals surface area contributed by atoms with Crippen LogP contribution in [0.5, 0.6) is 0 Å². The minimum Gasteiger partial charge on any atom is -0.478 e. The highest BCUT2D eigenvalue weighted by Gasteiger charge is 2.13. The van der Waals surface area contributed by atoms with E-state index in [0.29, 0.717) is 5.92 Å². The summed E-state index contributed by atoms with van der Waals surface area (Å²) in [6.07, 6.45) is 2.76. The molecule has 0 fully saturated rings. The fourth-order valence-electron chi connectivity index (χ4n) is 1.59. The monoisotopic (exact) mass is 242 g/mol. The molecule has 17 heavy (non-hydrogen) atoms. The predicted molar refractivity (Wildman–Crippen MR) is 66.7 cm³/mol. The van der Waals surface area contributed by atoms with Crippen LogP contribution in [0.2, 0.25) is 0 Å². The van der Waals surface area contributed by atoms with Crippen LogP contribution < -0.4 is 5.32 Å². The molecule has 0 aliphatic rings. The van der Waals surface area contributed by atoms with Gasteiger partial charge in [-0.1, -0.05) is 13.8 Å². The summed E-state index contributed by atoms with van der Waals surface area (Å²) in [6.45, 7) is 4.91. The Bertz CT molecular complexity index is 275. The maximum atomic E-state index is 11.4. The number of carbonyl (C=O) groups excluding carboxylic acids is 1. The second-order valence-corrected chi connectivity index (χ2v) is 4.77. The normalized spacial score (nSPS) is 13.3. The number of carbonyl (C=O) groups is 2. The first kappa shape index (κ1) is 15.6. The molecule has 0 saturated heterocycles. The number of rotatable bonds is 7. The van der Waals surface area contributed by atoms with Crippen LogP contribution in [0, 0.1) is 5.92 Å². The Morgan fingerprint density at radius 3 is 2.29 bits per heavy atom. The highest BCUT2D eigenvalue weighted by Crippen LogP contribution is 2.05. The van der Waals surface area contributed by atoms with Gasteiger partial charge < -0.3 is 15.3 Å². The van der Waals surface area contributed by atoms with Crippen molar-refractivity contribution in [2.24, 2.45) is 5.92 Å². The SMILES string of the molecule is CC(C)CC(CN(C)C)NC(=O)/C=C/C(=O)O. The Balaban J connectivity index is 4.31. The summed E-state index contributed by atoms with van der Waals surface area (Å²) in [5, 5.41) is 11.2. The number of amides is 1. The van der Waals surface area contributed by atoms with Gasteiger partial charge in [-0.25, -0.2) is 4.79 Å². The Kier molecular flexibility index (Phi) is 7.21. The van der Waals surface area contributed by atoms with Crippen molar-refractivity contribution in [1.29, 1.82) is 0 Å². The van der Waals surface area contributed by atoms with Crippen molar-refractivity contribution in [2.75, 3.05) is 20.6 Å². The number of carboxylic acid groups (broad SMARTS) is 1. The number of hydrogen-bond donors (Lipinski definition) is 2. The van der Waals surface area contributed by atoms with Crippen molar-refractivity contribution < 1.29 is 14.7 Å². The third-order valence-electron chi connectivity index (χ3n) is 2.07. The van der Waals surface area contributed by atoms with Gasteiger partial charge in [-0.15, -0.1) is 0 Å². The molecule has 0 aromatic rings.